The van der Waals surface area contributed by atoms with Crippen LogP contribution >= 0.6 is 12.4 Å². The van der Waals surface area contributed by atoms with E-state index in [1.807, 2.05) is 0 Å². The van der Waals surface area contributed by atoms with Crippen molar-refractivity contribution in [3.63, 3.8) is 0 Å². The molecule has 2 fully saturated rings. The Labute approximate surface area is 116 Å². The maximum atomic E-state index is 3.54. The van der Waals surface area contributed by atoms with E-state index in [-0.39, 0.29) is 12.4 Å². The van der Waals surface area contributed by atoms with Crippen LogP contribution in [0.15, 0.2) is 30.3 Å². The second-order valence-electron chi connectivity index (χ2n) is 5.73. The predicted molar refractivity (Wildman–Crippen MR) is 78.1 cm³/mol. The molecule has 2 saturated heterocycles. The van der Waals surface area contributed by atoms with Gasteiger partial charge in [0.1, 0.15) is 0 Å². The molecule has 3 heteroatoms. The summed E-state index contributed by atoms with van der Waals surface area (Å²) in [5.74, 6) is 0. The van der Waals surface area contributed by atoms with E-state index in [2.05, 4.69) is 40.5 Å². The van der Waals surface area contributed by atoms with Gasteiger partial charge in [-0.25, -0.2) is 0 Å². The first kappa shape index (κ1) is 13.9. The molecule has 0 aliphatic carbocycles. The van der Waals surface area contributed by atoms with Crippen molar-refractivity contribution in [1.29, 1.82) is 0 Å². The fourth-order valence-corrected chi connectivity index (χ4v) is 3.43. The van der Waals surface area contributed by atoms with E-state index >= 15 is 0 Å². The molecule has 2 aliphatic rings. The normalized spacial score (nSPS) is 28.2. The van der Waals surface area contributed by atoms with Crippen LogP contribution in [0.5, 0.6) is 0 Å². The molecule has 0 radical (unpaired) electrons. The molecule has 0 amide bonds. The van der Waals surface area contributed by atoms with Gasteiger partial charge in [0.05, 0.1) is 0 Å². The number of piperidine rings is 1. The van der Waals surface area contributed by atoms with Crippen LogP contribution in [0.3, 0.4) is 0 Å². The second-order valence-corrected chi connectivity index (χ2v) is 5.73. The highest BCUT2D eigenvalue weighted by Crippen LogP contribution is 2.35. The quantitative estimate of drug-likeness (QED) is 0.886. The van der Waals surface area contributed by atoms with Gasteiger partial charge in [-0.1, -0.05) is 30.3 Å². The van der Waals surface area contributed by atoms with Crippen LogP contribution in [-0.2, 0) is 6.54 Å². The number of rotatable bonds is 2. The Balaban J connectivity index is 0.00000120. The van der Waals surface area contributed by atoms with Crippen LogP contribution < -0.4 is 5.32 Å². The number of halogens is 1. The lowest BCUT2D eigenvalue weighted by Gasteiger charge is -2.40. The van der Waals surface area contributed by atoms with Gasteiger partial charge >= 0.3 is 0 Å². The van der Waals surface area contributed by atoms with Crippen molar-refractivity contribution < 1.29 is 0 Å². The number of nitrogens with one attached hydrogen (secondary N) is 1. The lowest BCUT2D eigenvalue weighted by molar-refractivity contribution is 0.0978. The Bertz CT molecular complexity index is 360. The first-order valence-electron chi connectivity index (χ1n) is 6.83. The summed E-state index contributed by atoms with van der Waals surface area (Å²) in [7, 11) is 0. The largest absolute Gasteiger partial charge is 0.316 e. The molecular formula is C15H23ClN2. The van der Waals surface area contributed by atoms with Crippen LogP contribution in [0.1, 0.15) is 24.8 Å². The first-order chi connectivity index (χ1) is 8.36. The Morgan fingerprint density at radius 3 is 2.72 bits per heavy atom. The summed E-state index contributed by atoms with van der Waals surface area (Å²) >= 11 is 0. The van der Waals surface area contributed by atoms with Crippen LogP contribution in [0.2, 0.25) is 0 Å². The van der Waals surface area contributed by atoms with Crippen molar-refractivity contribution in [3.8, 4) is 0 Å². The second kappa shape index (κ2) is 6.05. The minimum atomic E-state index is 0. The zero-order chi connectivity index (χ0) is 11.6. The zero-order valence-electron chi connectivity index (χ0n) is 10.9. The molecule has 1 aromatic carbocycles. The lowest BCUT2D eigenvalue weighted by atomic mass is 9.79. The molecule has 3 rings (SSSR count). The summed E-state index contributed by atoms with van der Waals surface area (Å²) in [5.41, 5.74) is 2.04. The topological polar surface area (TPSA) is 15.3 Å². The van der Waals surface area contributed by atoms with Crippen molar-refractivity contribution in [3.05, 3.63) is 35.9 Å². The van der Waals surface area contributed by atoms with Crippen molar-refractivity contribution in [1.82, 2.24) is 10.2 Å². The molecular weight excluding hydrogens is 244 g/mol. The Morgan fingerprint density at radius 2 is 2.00 bits per heavy atom. The third-order valence-corrected chi connectivity index (χ3v) is 4.32. The Morgan fingerprint density at radius 1 is 1.17 bits per heavy atom. The van der Waals surface area contributed by atoms with Gasteiger partial charge in [-0.05, 0) is 43.3 Å². The highest BCUT2D eigenvalue weighted by molar-refractivity contribution is 5.85. The molecule has 100 valence electrons. The monoisotopic (exact) mass is 266 g/mol. The van der Waals surface area contributed by atoms with Crippen LogP contribution in [0.4, 0.5) is 0 Å². The molecule has 2 aliphatic heterocycles. The standard InChI is InChI=1S/C15H22N2.ClH/c1-2-5-14(6-3-1)11-17-10-4-7-15(13-17)8-9-16-12-15;/h1-3,5-6,16H,4,7-13H2;1H. The van der Waals surface area contributed by atoms with E-state index in [9.17, 15) is 0 Å². The van der Waals surface area contributed by atoms with E-state index in [0.717, 1.165) is 6.54 Å². The predicted octanol–water partition coefficient (Wildman–Crippen LogP) is 2.68. The Hall–Kier alpha value is -0.570. The summed E-state index contributed by atoms with van der Waals surface area (Å²) in [6.07, 6.45) is 4.16. The summed E-state index contributed by atoms with van der Waals surface area (Å²) < 4.78 is 0. The number of benzene rings is 1. The molecule has 1 unspecified atom stereocenters. The lowest BCUT2D eigenvalue weighted by Crippen LogP contribution is -2.43. The van der Waals surface area contributed by atoms with Crippen molar-refractivity contribution in [2.75, 3.05) is 26.2 Å². The molecule has 1 N–H and O–H groups in total. The molecule has 0 aromatic heterocycles. The minimum absolute atomic E-state index is 0. The number of nitrogens with zero attached hydrogens (tertiary/aromatic N) is 1. The fourth-order valence-electron chi connectivity index (χ4n) is 3.43. The molecule has 0 bridgehead atoms. The number of hydrogen-bond donors (Lipinski definition) is 1. The van der Waals surface area contributed by atoms with Gasteiger partial charge in [0.2, 0.25) is 0 Å². The maximum absolute atomic E-state index is 3.54. The highest BCUT2D eigenvalue weighted by atomic mass is 35.5. The molecule has 2 heterocycles. The summed E-state index contributed by atoms with van der Waals surface area (Å²) in [6, 6.07) is 10.9. The number of likely N-dealkylation sites (tertiary alicyclic amines) is 1. The van der Waals surface area contributed by atoms with Crippen LogP contribution in [0, 0.1) is 5.41 Å². The summed E-state index contributed by atoms with van der Waals surface area (Å²) in [5, 5.41) is 3.54. The third-order valence-electron chi connectivity index (χ3n) is 4.32. The van der Waals surface area contributed by atoms with Crippen molar-refractivity contribution in [2.24, 2.45) is 5.41 Å². The van der Waals surface area contributed by atoms with E-state index in [0.29, 0.717) is 5.41 Å². The SMILES string of the molecule is Cl.c1ccc(CN2CCCC3(CCNC3)C2)cc1. The van der Waals surface area contributed by atoms with Crippen LogP contribution in [-0.4, -0.2) is 31.1 Å². The molecule has 1 aromatic rings. The van der Waals surface area contributed by atoms with E-state index in [1.165, 1.54) is 51.0 Å². The van der Waals surface area contributed by atoms with Gasteiger partial charge in [-0.15, -0.1) is 12.4 Å². The Kier molecular flexibility index (Phi) is 4.66. The summed E-state index contributed by atoms with van der Waals surface area (Å²) in [6.45, 7) is 6.14. The van der Waals surface area contributed by atoms with E-state index in [1.54, 1.807) is 0 Å². The van der Waals surface area contributed by atoms with E-state index < -0.39 is 0 Å². The van der Waals surface area contributed by atoms with Gasteiger partial charge in [0, 0.05) is 19.6 Å². The van der Waals surface area contributed by atoms with Gasteiger partial charge in [-0.2, -0.15) is 0 Å². The van der Waals surface area contributed by atoms with Gasteiger partial charge in [0.15, 0.2) is 0 Å². The van der Waals surface area contributed by atoms with Gasteiger partial charge in [0.25, 0.3) is 0 Å². The maximum Gasteiger partial charge on any atom is 0.0233 e. The molecule has 2 nitrogen and oxygen atoms in total. The zero-order valence-corrected chi connectivity index (χ0v) is 11.7. The summed E-state index contributed by atoms with van der Waals surface area (Å²) in [4.78, 5) is 2.64. The molecule has 1 atom stereocenters. The first-order valence-corrected chi connectivity index (χ1v) is 6.83. The van der Waals surface area contributed by atoms with E-state index in [4.69, 9.17) is 0 Å². The third kappa shape index (κ3) is 3.05. The smallest absolute Gasteiger partial charge is 0.0233 e. The average molecular weight is 267 g/mol. The molecule has 0 saturated carbocycles. The average Bonchev–Trinajstić information content (AvgIpc) is 2.79. The van der Waals surface area contributed by atoms with Crippen LogP contribution in [0.25, 0.3) is 0 Å². The highest BCUT2D eigenvalue weighted by Gasteiger charge is 2.37. The van der Waals surface area contributed by atoms with Gasteiger partial charge < -0.3 is 5.32 Å². The van der Waals surface area contributed by atoms with Gasteiger partial charge in [-0.3, -0.25) is 4.90 Å². The number of hydrogen-bond acceptors (Lipinski definition) is 2. The van der Waals surface area contributed by atoms with Crippen molar-refractivity contribution in [2.45, 2.75) is 25.8 Å². The minimum Gasteiger partial charge on any atom is -0.316 e. The van der Waals surface area contributed by atoms with Crippen molar-refractivity contribution >= 4 is 12.4 Å². The molecule has 1 spiro atoms. The fraction of sp³-hybridized carbons (Fsp3) is 0.600. The molecule has 18 heavy (non-hydrogen) atoms.